The first kappa shape index (κ1) is 16.6. The van der Waals surface area contributed by atoms with Crippen molar-refractivity contribution in [2.24, 2.45) is 4.99 Å². The lowest BCUT2D eigenvalue weighted by Crippen LogP contribution is -2.33. The molecule has 0 unspecified atom stereocenters. The molecule has 0 fully saturated rings. The number of anilines is 1. The van der Waals surface area contributed by atoms with Crippen LogP contribution in [0.2, 0.25) is 0 Å². The SMILES string of the molecule is CCOc1ccc2nc(NC3=N[C@H](CC(=O)O)C(=O)N3)nc(C)c2c1. The number of hydrogen-bond acceptors (Lipinski definition) is 7. The number of nitrogens with zero attached hydrogens (tertiary/aromatic N) is 3. The molecule has 2 heterocycles. The summed E-state index contributed by atoms with van der Waals surface area (Å²) in [5.41, 5.74) is 1.45. The number of aromatic nitrogens is 2. The summed E-state index contributed by atoms with van der Waals surface area (Å²) in [5.74, 6) is -0.409. The summed E-state index contributed by atoms with van der Waals surface area (Å²) >= 11 is 0. The van der Waals surface area contributed by atoms with Crippen LogP contribution in [0.4, 0.5) is 5.95 Å². The number of hydrogen-bond donors (Lipinski definition) is 3. The van der Waals surface area contributed by atoms with Crippen molar-refractivity contribution in [2.45, 2.75) is 26.3 Å². The Hall–Kier alpha value is -3.23. The quantitative estimate of drug-likeness (QED) is 0.741. The number of ether oxygens (including phenoxy) is 1. The smallest absolute Gasteiger partial charge is 0.306 e. The van der Waals surface area contributed by atoms with Gasteiger partial charge in [-0.3, -0.25) is 20.2 Å². The highest BCUT2D eigenvalue weighted by Crippen LogP contribution is 2.23. The summed E-state index contributed by atoms with van der Waals surface area (Å²) in [7, 11) is 0. The Balaban J connectivity index is 1.84. The highest BCUT2D eigenvalue weighted by molar-refractivity contribution is 6.10. The van der Waals surface area contributed by atoms with Crippen LogP contribution in [0.1, 0.15) is 19.0 Å². The van der Waals surface area contributed by atoms with Crippen molar-refractivity contribution in [2.75, 3.05) is 11.9 Å². The van der Waals surface area contributed by atoms with Crippen molar-refractivity contribution < 1.29 is 19.4 Å². The number of nitrogens with one attached hydrogen (secondary N) is 2. The Kier molecular flexibility index (Phi) is 4.46. The minimum absolute atomic E-state index is 0.140. The van der Waals surface area contributed by atoms with Crippen LogP contribution >= 0.6 is 0 Å². The fraction of sp³-hybridized carbons (Fsp3) is 0.312. The van der Waals surface area contributed by atoms with Gasteiger partial charge in [-0.15, -0.1) is 0 Å². The molecule has 1 atom stereocenters. The van der Waals surface area contributed by atoms with Gasteiger partial charge >= 0.3 is 5.97 Å². The zero-order valence-electron chi connectivity index (χ0n) is 13.7. The maximum Gasteiger partial charge on any atom is 0.306 e. The minimum atomic E-state index is -1.09. The number of aryl methyl sites for hydroxylation is 1. The van der Waals surface area contributed by atoms with E-state index >= 15 is 0 Å². The van der Waals surface area contributed by atoms with E-state index in [0.717, 1.165) is 16.8 Å². The van der Waals surface area contributed by atoms with Crippen LogP contribution in [-0.4, -0.2) is 45.6 Å². The van der Waals surface area contributed by atoms with Crippen LogP contribution in [0, 0.1) is 6.92 Å². The largest absolute Gasteiger partial charge is 0.494 e. The number of carbonyl (C=O) groups is 2. The van der Waals surface area contributed by atoms with Crippen LogP contribution in [0.3, 0.4) is 0 Å². The third-order valence-electron chi connectivity index (χ3n) is 3.60. The lowest BCUT2D eigenvalue weighted by molar-refractivity contribution is -0.139. The Labute approximate surface area is 143 Å². The zero-order chi connectivity index (χ0) is 18.0. The van der Waals surface area contributed by atoms with Gasteiger partial charge in [0.25, 0.3) is 5.91 Å². The molecule has 0 radical (unpaired) electrons. The van der Waals surface area contributed by atoms with Crippen molar-refractivity contribution >= 4 is 34.7 Å². The number of aliphatic carboxylic acids is 1. The van der Waals surface area contributed by atoms with E-state index < -0.39 is 17.9 Å². The lowest BCUT2D eigenvalue weighted by atomic mass is 10.2. The normalized spacial score (nSPS) is 16.5. The molecule has 0 spiro atoms. The van der Waals surface area contributed by atoms with Crippen molar-refractivity contribution in [3.8, 4) is 5.75 Å². The summed E-state index contributed by atoms with van der Waals surface area (Å²) in [6, 6.07) is 4.56. The number of carbonyl (C=O) groups excluding carboxylic acids is 1. The van der Waals surface area contributed by atoms with E-state index in [1.807, 2.05) is 32.0 Å². The molecule has 1 aromatic heterocycles. The first-order chi connectivity index (χ1) is 12.0. The van der Waals surface area contributed by atoms with Crippen LogP contribution in [0.15, 0.2) is 23.2 Å². The van der Waals surface area contributed by atoms with Crippen molar-refractivity contribution in [3.63, 3.8) is 0 Å². The van der Waals surface area contributed by atoms with Crippen molar-refractivity contribution in [1.82, 2.24) is 15.3 Å². The highest BCUT2D eigenvalue weighted by Gasteiger charge is 2.28. The summed E-state index contributed by atoms with van der Waals surface area (Å²) < 4.78 is 5.48. The van der Waals surface area contributed by atoms with Crippen LogP contribution in [0.5, 0.6) is 5.75 Å². The topological polar surface area (TPSA) is 126 Å². The van der Waals surface area contributed by atoms with Gasteiger partial charge in [-0.1, -0.05) is 0 Å². The Morgan fingerprint density at radius 3 is 2.92 bits per heavy atom. The Morgan fingerprint density at radius 1 is 1.40 bits per heavy atom. The highest BCUT2D eigenvalue weighted by atomic mass is 16.5. The van der Waals surface area contributed by atoms with E-state index in [2.05, 4.69) is 25.6 Å². The van der Waals surface area contributed by atoms with Crippen LogP contribution in [-0.2, 0) is 9.59 Å². The van der Waals surface area contributed by atoms with Gasteiger partial charge in [-0.05, 0) is 32.0 Å². The zero-order valence-corrected chi connectivity index (χ0v) is 13.7. The first-order valence-corrected chi connectivity index (χ1v) is 7.75. The monoisotopic (exact) mass is 343 g/mol. The third-order valence-corrected chi connectivity index (χ3v) is 3.60. The summed E-state index contributed by atoms with van der Waals surface area (Å²) in [6.07, 6.45) is -0.366. The molecule has 1 amide bonds. The molecule has 0 saturated carbocycles. The van der Waals surface area contributed by atoms with E-state index in [-0.39, 0.29) is 18.3 Å². The molecule has 3 N–H and O–H groups in total. The maximum absolute atomic E-state index is 11.7. The van der Waals surface area contributed by atoms with Gasteiger partial charge in [-0.25, -0.2) is 15.0 Å². The van der Waals surface area contributed by atoms with E-state index in [1.54, 1.807) is 0 Å². The minimum Gasteiger partial charge on any atom is -0.494 e. The molecular formula is C16H17N5O4. The third kappa shape index (κ3) is 3.65. The Morgan fingerprint density at radius 2 is 2.20 bits per heavy atom. The average Bonchev–Trinajstić information content (AvgIpc) is 2.87. The standard InChI is InChI=1S/C16H17N5O4/c1-3-25-9-4-5-11-10(6-9)8(2)17-15(18-11)21-16-19-12(7-13(22)23)14(24)20-16/h4-6,12H,3,7H2,1-2H3,(H,22,23)(H2,17,18,19,20,21,24)/t12-/m1/s1. The average molecular weight is 343 g/mol. The molecule has 0 bridgehead atoms. The number of amides is 1. The van der Waals surface area contributed by atoms with E-state index in [1.165, 1.54) is 0 Å². The molecule has 25 heavy (non-hydrogen) atoms. The van der Waals surface area contributed by atoms with Gasteiger partial charge in [0.05, 0.1) is 24.2 Å². The number of rotatable bonds is 5. The molecule has 9 nitrogen and oxygen atoms in total. The number of carboxylic acid groups (broad SMARTS) is 1. The number of fused-ring (bicyclic) bond motifs is 1. The van der Waals surface area contributed by atoms with Gasteiger partial charge in [0.15, 0.2) is 0 Å². The molecule has 0 saturated heterocycles. The summed E-state index contributed by atoms with van der Waals surface area (Å²) in [6.45, 7) is 4.32. The fourth-order valence-corrected chi connectivity index (χ4v) is 2.49. The van der Waals surface area contributed by atoms with Gasteiger partial charge < -0.3 is 9.84 Å². The second kappa shape index (κ2) is 6.71. The number of carboxylic acids is 1. The maximum atomic E-state index is 11.7. The van der Waals surface area contributed by atoms with Gasteiger partial charge in [0.1, 0.15) is 11.8 Å². The Bertz CT molecular complexity index is 880. The fourth-order valence-electron chi connectivity index (χ4n) is 2.49. The molecule has 2 aromatic rings. The van der Waals surface area contributed by atoms with Crippen LogP contribution < -0.4 is 15.4 Å². The van der Waals surface area contributed by atoms with Crippen molar-refractivity contribution in [1.29, 1.82) is 0 Å². The summed E-state index contributed by atoms with van der Waals surface area (Å²) in [5, 5.41) is 14.9. The summed E-state index contributed by atoms with van der Waals surface area (Å²) in [4.78, 5) is 35.2. The van der Waals surface area contributed by atoms with Gasteiger partial charge in [0, 0.05) is 5.39 Å². The second-order valence-electron chi connectivity index (χ2n) is 5.45. The number of guanidine groups is 1. The van der Waals surface area contributed by atoms with E-state index in [9.17, 15) is 9.59 Å². The molecule has 1 aliphatic rings. The predicted molar refractivity (Wildman–Crippen MR) is 90.7 cm³/mol. The van der Waals surface area contributed by atoms with Gasteiger partial charge in [-0.2, -0.15) is 0 Å². The lowest BCUT2D eigenvalue weighted by Gasteiger charge is -2.09. The van der Waals surface area contributed by atoms with Crippen LogP contribution in [0.25, 0.3) is 10.9 Å². The number of benzene rings is 1. The van der Waals surface area contributed by atoms with E-state index in [4.69, 9.17) is 9.84 Å². The molecule has 0 aliphatic carbocycles. The van der Waals surface area contributed by atoms with Crippen molar-refractivity contribution in [3.05, 3.63) is 23.9 Å². The van der Waals surface area contributed by atoms with E-state index in [0.29, 0.717) is 12.1 Å². The second-order valence-corrected chi connectivity index (χ2v) is 5.45. The first-order valence-electron chi connectivity index (χ1n) is 7.75. The predicted octanol–water partition coefficient (Wildman–Crippen LogP) is 1.08. The number of aliphatic imine (C=N–C) groups is 1. The molecule has 1 aliphatic heterocycles. The molecule has 130 valence electrons. The molecule has 9 heteroatoms. The molecule has 1 aromatic carbocycles. The molecule has 3 rings (SSSR count). The van der Waals surface area contributed by atoms with Gasteiger partial charge in [0.2, 0.25) is 11.9 Å². The molecular weight excluding hydrogens is 326 g/mol.